The summed E-state index contributed by atoms with van der Waals surface area (Å²) in [5.74, 6) is -0.0402. The molecule has 1 aromatic carbocycles. The summed E-state index contributed by atoms with van der Waals surface area (Å²) in [4.78, 5) is 12.3. The highest BCUT2D eigenvalue weighted by atomic mass is 28.4. The Balaban J connectivity index is 1.71. The van der Waals surface area contributed by atoms with Gasteiger partial charge in [-0.05, 0) is 49.7 Å². The van der Waals surface area contributed by atoms with Gasteiger partial charge in [0.1, 0.15) is 17.5 Å². The van der Waals surface area contributed by atoms with Crippen LogP contribution in [0, 0.1) is 5.41 Å². The summed E-state index contributed by atoms with van der Waals surface area (Å²) in [6.07, 6.45) is -0.0459. The molecule has 6 atom stereocenters. The zero-order valence-electron chi connectivity index (χ0n) is 22.7. The normalized spacial score (nSPS) is 36.5. The van der Waals surface area contributed by atoms with Crippen LogP contribution in [0.15, 0.2) is 24.3 Å². The zero-order chi connectivity index (χ0) is 25.9. The Labute approximate surface area is 210 Å². The molecule has 0 amide bonds. The molecule has 3 fully saturated rings. The largest absolute Gasteiger partial charge is 0.497 e. The van der Waals surface area contributed by atoms with Crippen molar-refractivity contribution >= 4 is 14.6 Å². The summed E-state index contributed by atoms with van der Waals surface area (Å²) < 4.78 is 38.1. The number of carbonyl (C=O) groups excluding carboxylic acids is 1. The van der Waals surface area contributed by atoms with Crippen LogP contribution in [0.1, 0.15) is 53.5 Å². The van der Waals surface area contributed by atoms with Crippen molar-refractivity contribution in [3.05, 3.63) is 29.8 Å². The molecule has 1 saturated carbocycles. The van der Waals surface area contributed by atoms with E-state index in [1.165, 1.54) is 0 Å². The van der Waals surface area contributed by atoms with Crippen LogP contribution in [0.2, 0.25) is 18.1 Å². The Morgan fingerprint density at radius 2 is 1.80 bits per heavy atom. The van der Waals surface area contributed by atoms with Crippen molar-refractivity contribution in [3.8, 4) is 5.75 Å². The molecule has 4 rings (SSSR count). The number of hydrogen-bond donors (Lipinski definition) is 0. The van der Waals surface area contributed by atoms with E-state index in [0.29, 0.717) is 13.0 Å². The van der Waals surface area contributed by atoms with E-state index in [4.69, 9.17) is 28.1 Å². The van der Waals surface area contributed by atoms with Gasteiger partial charge in [-0.2, -0.15) is 0 Å². The Hall–Kier alpha value is -1.29. The minimum absolute atomic E-state index is 0.0316. The molecule has 7 nitrogen and oxygen atoms in total. The van der Waals surface area contributed by atoms with Crippen LogP contribution in [-0.2, 0) is 34.8 Å². The SMILES string of the molecule is COc1ccc(CO[C@H]2[C@H]3C[C@@H](O[Si](C)(C)C(C)(C)C)[C@]2(C)C2(COC(C)(C)O2)[C@@H](C=O)O3)cc1. The van der Waals surface area contributed by atoms with Gasteiger partial charge in [-0.15, -0.1) is 0 Å². The van der Waals surface area contributed by atoms with Gasteiger partial charge < -0.3 is 32.9 Å². The van der Waals surface area contributed by atoms with E-state index < -0.39 is 31.2 Å². The minimum atomic E-state index is -2.15. The molecule has 35 heavy (non-hydrogen) atoms. The van der Waals surface area contributed by atoms with Crippen molar-refractivity contribution in [3.63, 3.8) is 0 Å². The summed E-state index contributed by atoms with van der Waals surface area (Å²) >= 11 is 0. The van der Waals surface area contributed by atoms with Gasteiger partial charge in [0.15, 0.2) is 20.4 Å². The summed E-state index contributed by atoms with van der Waals surface area (Å²) in [6, 6.07) is 7.85. The molecule has 0 aromatic heterocycles. The van der Waals surface area contributed by atoms with Crippen molar-refractivity contribution in [2.24, 2.45) is 5.41 Å². The van der Waals surface area contributed by atoms with Crippen LogP contribution in [-0.4, -0.2) is 64.1 Å². The lowest BCUT2D eigenvalue weighted by Gasteiger charge is -2.55. The van der Waals surface area contributed by atoms with Crippen LogP contribution in [0.4, 0.5) is 0 Å². The third-order valence-corrected chi connectivity index (χ3v) is 13.2. The second-order valence-corrected chi connectivity index (χ2v) is 17.1. The Kier molecular flexibility index (Phi) is 6.82. The molecule has 2 saturated heterocycles. The molecular formula is C27H42O7Si. The second kappa shape index (κ2) is 8.92. The summed E-state index contributed by atoms with van der Waals surface area (Å²) in [5, 5.41) is 0.0316. The maximum Gasteiger partial charge on any atom is 0.192 e. The molecule has 8 heteroatoms. The first-order chi connectivity index (χ1) is 16.2. The lowest BCUT2D eigenvalue weighted by atomic mass is 9.65. The Morgan fingerprint density at radius 3 is 2.31 bits per heavy atom. The smallest absolute Gasteiger partial charge is 0.192 e. The van der Waals surface area contributed by atoms with Crippen molar-refractivity contribution in [1.29, 1.82) is 0 Å². The van der Waals surface area contributed by atoms with E-state index in [2.05, 4.69) is 40.8 Å². The standard InChI is InChI=1S/C27H42O7Si/c1-24(2,3)35(8,9)33-21-14-20-23(30-16-18-10-12-19(29-7)13-11-18)26(21,6)27(22(15-28)32-20)17-31-25(4,5)34-27/h10-13,15,20-23H,14,16-17H2,1-9H3/t20-,21-,22-,23+,26+,27?/m1/s1. The van der Waals surface area contributed by atoms with E-state index in [1.54, 1.807) is 7.11 Å². The van der Waals surface area contributed by atoms with E-state index in [0.717, 1.165) is 17.6 Å². The number of hydrogen-bond acceptors (Lipinski definition) is 7. The van der Waals surface area contributed by atoms with E-state index >= 15 is 0 Å². The fourth-order valence-corrected chi connectivity index (χ4v) is 7.02. The maximum atomic E-state index is 12.3. The second-order valence-electron chi connectivity index (χ2n) is 12.4. The maximum absolute atomic E-state index is 12.3. The number of rotatable bonds is 7. The Morgan fingerprint density at radius 1 is 1.14 bits per heavy atom. The lowest BCUT2D eigenvalue weighted by Crippen LogP contribution is -2.70. The molecule has 2 heterocycles. The number of benzene rings is 1. The van der Waals surface area contributed by atoms with Crippen LogP contribution in [0.5, 0.6) is 5.75 Å². The molecular weight excluding hydrogens is 464 g/mol. The van der Waals surface area contributed by atoms with E-state index in [-0.39, 0.29) is 30.0 Å². The van der Waals surface area contributed by atoms with E-state index in [9.17, 15) is 4.79 Å². The minimum Gasteiger partial charge on any atom is -0.497 e. The number of aldehydes is 1. The molecule has 1 aromatic rings. The van der Waals surface area contributed by atoms with Crippen LogP contribution in [0.3, 0.4) is 0 Å². The first-order valence-electron chi connectivity index (χ1n) is 12.6. The summed E-state index contributed by atoms with van der Waals surface area (Å²) in [7, 11) is -0.496. The molecule has 196 valence electrons. The van der Waals surface area contributed by atoms with Crippen LogP contribution < -0.4 is 4.74 Å². The zero-order valence-corrected chi connectivity index (χ0v) is 23.7. The fraction of sp³-hybridized carbons (Fsp3) is 0.741. The predicted molar refractivity (Wildman–Crippen MR) is 135 cm³/mol. The predicted octanol–water partition coefficient (Wildman–Crippen LogP) is 4.87. The molecule has 1 spiro atoms. The molecule has 0 N–H and O–H groups in total. The first-order valence-corrected chi connectivity index (χ1v) is 15.5. The molecule has 2 bridgehead atoms. The molecule has 1 unspecified atom stereocenters. The molecule has 0 radical (unpaired) electrons. The third-order valence-electron chi connectivity index (χ3n) is 8.75. The number of carbonyl (C=O) groups is 1. The highest BCUT2D eigenvalue weighted by Crippen LogP contribution is 2.61. The lowest BCUT2D eigenvalue weighted by molar-refractivity contribution is -0.290. The average molecular weight is 507 g/mol. The van der Waals surface area contributed by atoms with Gasteiger partial charge in [-0.3, -0.25) is 0 Å². The van der Waals surface area contributed by atoms with Gasteiger partial charge in [0.25, 0.3) is 0 Å². The quantitative estimate of drug-likeness (QED) is 0.386. The van der Waals surface area contributed by atoms with Gasteiger partial charge in [0.05, 0.1) is 44.1 Å². The third kappa shape index (κ3) is 4.40. The molecule has 2 aliphatic heterocycles. The van der Waals surface area contributed by atoms with Gasteiger partial charge in [0, 0.05) is 6.42 Å². The number of ether oxygens (including phenoxy) is 5. The number of methoxy groups -OCH3 is 1. The Bertz CT molecular complexity index is 924. The highest BCUT2D eigenvalue weighted by molar-refractivity contribution is 6.74. The van der Waals surface area contributed by atoms with Crippen molar-refractivity contribution in [2.45, 2.75) is 109 Å². The monoisotopic (exact) mass is 506 g/mol. The number of fused-ring (bicyclic) bond motifs is 3. The summed E-state index contributed by atoms with van der Waals surface area (Å²) in [5.41, 5.74) is -0.633. The van der Waals surface area contributed by atoms with Gasteiger partial charge in [-0.25, -0.2) is 0 Å². The topological polar surface area (TPSA) is 72.5 Å². The van der Waals surface area contributed by atoms with Crippen LogP contribution >= 0.6 is 0 Å². The summed E-state index contributed by atoms with van der Waals surface area (Å²) in [6.45, 7) is 17.8. The average Bonchev–Trinajstić information content (AvgIpc) is 3.21. The highest BCUT2D eigenvalue weighted by Gasteiger charge is 2.75. The van der Waals surface area contributed by atoms with Gasteiger partial charge in [0.2, 0.25) is 0 Å². The van der Waals surface area contributed by atoms with Crippen molar-refractivity contribution < 1.29 is 32.9 Å². The fourth-order valence-electron chi connectivity index (χ4n) is 5.61. The van der Waals surface area contributed by atoms with Crippen molar-refractivity contribution in [1.82, 2.24) is 0 Å². The van der Waals surface area contributed by atoms with Gasteiger partial charge >= 0.3 is 0 Å². The van der Waals surface area contributed by atoms with E-state index in [1.807, 2.05) is 38.1 Å². The first kappa shape index (κ1) is 26.8. The molecule has 1 aliphatic carbocycles. The van der Waals surface area contributed by atoms with Gasteiger partial charge in [-0.1, -0.05) is 39.8 Å². The van der Waals surface area contributed by atoms with Crippen molar-refractivity contribution in [2.75, 3.05) is 13.7 Å². The van der Waals surface area contributed by atoms with Crippen LogP contribution in [0.25, 0.3) is 0 Å². The molecule has 3 aliphatic rings.